The van der Waals surface area contributed by atoms with Crippen LogP contribution in [-0.4, -0.2) is 4.73 Å². The average molecular weight is 195 g/mol. The van der Waals surface area contributed by atoms with Crippen molar-refractivity contribution in [1.82, 2.24) is 4.73 Å². The summed E-state index contributed by atoms with van der Waals surface area (Å²) in [6.45, 7) is 0. The zero-order chi connectivity index (χ0) is 9.97. The number of benzene rings is 1. The van der Waals surface area contributed by atoms with Gasteiger partial charge in [-0.25, -0.2) is 8.78 Å². The first-order valence-electron chi connectivity index (χ1n) is 4.02. The molecule has 1 aromatic heterocycles. The molecule has 0 bridgehead atoms. The summed E-state index contributed by atoms with van der Waals surface area (Å²) in [5, 5.41) is 0. The smallest absolute Gasteiger partial charge is 0.191 e. The van der Waals surface area contributed by atoms with E-state index in [2.05, 4.69) is 0 Å². The molecule has 0 aliphatic rings. The Hall–Kier alpha value is -1.84. The Morgan fingerprint density at radius 1 is 1.07 bits per heavy atom. The van der Waals surface area contributed by atoms with Gasteiger partial charge in [0.05, 0.1) is 0 Å². The van der Waals surface area contributed by atoms with Crippen LogP contribution >= 0.6 is 0 Å². The van der Waals surface area contributed by atoms with E-state index in [1.54, 1.807) is 24.5 Å². The first-order chi connectivity index (χ1) is 6.75. The van der Waals surface area contributed by atoms with Crippen molar-refractivity contribution in [2.45, 2.75) is 0 Å². The summed E-state index contributed by atoms with van der Waals surface area (Å²) in [7, 11) is 0. The van der Waals surface area contributed by atoms with E-state index in [9.17, 15) is 8.78 Å². The van der Waals surface area contributed by atoms with Gasteiger partial charge in [-0.05, 0) is 24.3 Å². The molecule has 0 atom stereocenters. The topological polar surface area (TPSA) is 14.2 Å². The maximum absolute atomic E-state index is 13.1. The second kappa shape index (κ2) is 3.49. The van der Waals surface area contributed by atoms with Gasteiger partial charge in [0.25, 0.3) is 0 Å². The van der Waals surface area contributed by atoms with Crippen LogP contribution in [0.3, 0.4) is 0 Å². The zero-order valence-electron chi connectivity index (χ0n) is 7.15. The summed E-state index contributed by atoms with van der Waals surface area (Å²) in [5.74, 6) is -1.36. The van der Waals surface area contributed by atoms with Crippen LogP contribution in [0.1, 0.15) is 0 Å². The van der Waals surface area contributed by atoms with Gasteiger partial charge in [-0.3, -0.25) is 0 Å². The summed E-state index contributed by atoms with van der Waals surface area (Å²) in [5.41, 5.74) is 0. The number of nitrogens with zero attached hydrogens (tertiary/aromatic N) is 1. The molecule has 4 heteroatoms. The summed E-state index contributed by atoms with van der Waals surface area (Å²) < 4.78 is 26.9. The van der Waals surface area contributed by atoms with Crippen molar-refractivity contribution in [3.05, 3.63) is 54.4 Å². The fourth-order valence-corrected chi connectivity index (χ4v) is 1.04. The number of rotatable bonds is 2. The van der Waals surface area contributed by atoms with E-state index in [0.29, 0.717) is 0 Å². The second-order valence-corrected chi connectivity index (χ2v) is 2.71. The minimum atomic E-state index is -0.723. The number of aromatic nitrogens is 1. The summed E-state index contributed by atoms with van der Waals surface area (Å²) in [6.07, 6.45) is 3.23. The molecule has 0 aliphatic heterocycles. The summed E-state index contributed by atoms with van der Waals surface area (Å²) in [4.78, 5) is 5.08. The van der Waals surface area contributed by atoms with Crippen molar-refractivity contribution in [2.24, 2.45) is 0 Å². The number of hydrogen-bond acceptors (Lipinski definition) is 1. The molecule has 14 heavy (non-hydrogen) atoms. The average Bonchev–Trinajstić information content (AvgIpc) is 2.62. The van der Waals surface area contributed by atoms with Crippen LogP contribution in [0.5, 0.6) is 5.75 Å². The third-order valence-corrected chi connectivity index (χ3v) is 1.67. The van der Waals surface area contributed by atoms with Crippen LogP contribution in [0.2, 0.25) is 0 Å². The first kappa shape index (κ1) is 8.74. The fraction of sp³-hybridized carbons (Fsp3) is 0. The molecule has 0 radical (unpaired) electrons. The summed E-state index contributed by atoms with van der Waals surface area (Å²) >= 11 is 0. The third-order valence-electron chi connectivity index (χ3n) is 1.67. The third kappa shape index (κ3) is 1.74. The van der Waals surface area contributed by atoms with Gasteiger partial charge in [0.1, 0.15) is 5.82 Å². The maximum atomic E-state index is 13.1. The molecule has 1 aromatic carbocycles. The molecule has 72 valence electrons. The Bertz CT molecular complexity index is 426. The minimum Gasteiger partial charge on any atom is -0.373 e. The maximum Gasteiger partial charge on any atom is 0.191 e. The van der Waals surface area contributed by atoms with Crippen molar-refractivity contribution < 1.29 is 13.6 Å². The molecule has 1 heterocycles. The quantitative estimate of drug-likeness (QED) is 0.718. The molecule has 2 aromatic rings. The highest BCUT2D eigenvalue weighted by molar-refractivity contribution is 5.24. The predicted octanol–water partition coefficient (Wildman–Crippen LogP) is 2.61. The number of hydrogen-bond donors (Lipinski definition) is 0. The lowest BCUT2D eigenvalue weighted by molar-refractivity contribution is 0.206. The molecule has 0 fully saturated rings. The normalized spacial score (nSPS) is 10.1. The Labute approximate surface area is 79.3 Å². The SMILES string of the molecule is Fc1ccc(On2cccc2)c(F)c1. The molecule has 0 N–H and O–H groups in total. The van der Waals surface area contributed by atoms with E-state index in [1.807, 2.05) is 0 Å². The van der Waals surface area contributed by atoms with Crippen LogP contribution in [0.15, 0.2) is 42.7 Å². The zero-order valence-corrected chi connectivity index (χ0v) is 7.15. The highest BCUT2D eigenvalue weighted by Crippen LogP contribution is 2.17. The van der Waals surface area contributed by atoms with Crippen LogP contribution in [-0.2, 0) is 0 Å². The molecule has 0 aliphatic carbocycles. The van der Waals surface area contributed by atoms with Crippen molar-refractivity contribution in [2.75, 3.05) is 0 Å². The van der Waals surface area contributed by atoms with Crippen molar-refractivity contribution >= 4 is 0 Å². The van der Waals surface area contributed by atoms with Crippen LogP contribution in [0.4, 0.5) is 8.78 Å². The van der Waals surface area contributed by atoms with Gasteiger partial charge >= 0.3 is 0 Å². The first-order valence-corrected chi connectivity index (χ1v) is 4.02. The molecule has 0 amide bonds. The van der Waals surface area contributed by atoms with Crippen molar-refractivity contribution in [3.63, 3.8) is 0 Å². The molecule has 2 rings (SSSR count). The molecule has 0 saturated heterocycles. The number of halogens is 2. The van der Waals surface area contributed by atoms with Gasteiger partial charge in [0, 0.05) is 18.5 Å². The Morgan fingerprint density at radius 2 is 1.79 bits per heavy atom. The lowest BCUT2D eigenvalue weighted by Crippen LogP contribution is -2.03. The Balaban J connectivity index is 2.25. The van der Waals surface area contributed by atoms with Crippen molar-refractivity contribution in [1.29, 1.82) is 0 Å². The fourth-order valence-electron chi connectivity index (χ4n) is 1.04. The standard InChI is InChI=1S/C10H7F2NO/c11-8-3-4-10(9(12)7-8)14-13-5-1-2-6-13/h1-7H. The van der Waals surface area contributed by atoms with Gasteiger partial charge < -0.3 is 4.84 Å². The highest BCUT2D eigenvalue weighted by atomic mass is 19.1. The monoisotopic (exact) mass is 195 g/mol. The molecule has 0 saturated carbocycles. The highest BCUT2D eigenvalue weighted by Gasteiger charge is 2.05. The van der Waals surface area contributed by atoms with Gasteiger partial charge in [-0.15, -0.1) is 0 Å². The summed E-state index contributed by atoms with van der Waals surface area (Å²) in [6, 6.07) is 6.63. The van der Waals surface area contributed by atoms with Gasteiger partial charge in [-0.1, -0.05) is 0 Å². The molecular weight excluding hydrogens is 188 g/mol. The lowest BCUT2D eigenvalue weighted by Gasteiger charge is -2.06. The second-order valence-electron chi connectivity index (χ2n) is 2.71. The van der Waals surface area contributed by atoms with Crippen LogP contribution < -0.4 is 4.84 Å². The molecule has 0 spiro atoms. The van der Waals surface area contributed by atoms with Gasteiger partial charge in [0.15, 0.2) is 11.6 Å². The van der Waals surface area contributed by atoms with Gasteiger partial charge in [-0.2, -0.15) is 4.73 Å². The van der Waals surface area contributed by atoms with E-state index >= 15 is 0 Å². The van der Waals surface area contributed by atoms with E-state index in [1.165, 1.54) is 10.8 Å². The predicted molar refractivity (Wildman–Crippen MR) is 46.8 cm³/mol. The van der Waals surface area contributed by atoms with E-state index < -0.39 is 11.6 Å². The lowest BCUT2D eigenvalue weighted by atomic mass is 10.3. The van der Waals surface area contributed by atoms with Crippen LogP contribution in [0, 0.1) is 11.6 Å². The molecule has 0 unspecified atom stereocenters. The van der Waals surface area contributed by atoms with Crippen molar-refractivity contribution in [3.8, 4) is 5.75 Å². The molecular formula is C10H7F2NO. The van der Waals surface area contributed by atoms with E-state index in [0.717, 1.165) is 12.1 Å². The van der Waals surface area contributed by atoms with E-state index in [-0.39, 0.29) is 5.75 Å². The Kier molecular flexibility index (Phi) is 2.18. The Morgan fingerprint density at radius 3 is 2.43 bits per heavy atom. The molecule has 2 nitrogen and oxygen atoms in total. The van der Waals surface area contributed by atoms with Gasteiger partial charge in [0.2, 0.25) is 0 Å². The van der Waals surface area contributed by atoms with Crippen LogP contribution in [0.25, 0.3) is 0 Å². The minimum absolute atomic E-state index is 0.0115. The van der Waals surface area contributed by atoms with E-state index in [4.69, 9.17) is 4.84 Å². The largest absolute Gasteiger partial charge is 0.373 e.